The fourth-order valence-electron chi connectivity index (χ4n) is 1.69. The van der Waals surface area contributed by atoms with Crippen molar-refractivity contribution in [3.8, 4) is 0 Å². The molecule has 1 aromatic carbocycles. The van der Waals surface area contributed by atoms with Gasteiger partial charge in [-0.3, -0.25) is 0 Å². The SMILES string of the molecule is Brc1ccccc1Cc1nc2ncccc2o1. The normalized spacial score (nSPS) is 10.9. The van der Waals surface area contributed by atoms with Crippen molar-refractivity contribution in [2.24, 2.45) is 0 Å². The van der Waals surface area contributed by atoms with Gasteiger partial charge in [-0.25, -0.2) is 4.98 Å². The second-order valence-corrected chi connectivity index (χ2v) is 4.56. The van der Waals surface area contributed by atoms with Crippen molar-refractivity contribution in [2.75, 3.05) is 0 Å². The summed E-state index contributed by atoms with van der Waals surface area (Å²) in [4.78, 5) is 8.50. The highest BCUT2D eigenvalue weighted by atomic mass is 79.9. The van der Waals surface area contributed by atoms with E-state index in [2.05, 4.69) is 25.9 Å². The lowest BCUT2D eigenvalue weighted by molar-refractivity contribution is 0.544. The molecule has 0 bridgehead atoms. The molecule has 0 atom stereocenters. The zero-order valence-electron chi connectivity index (χ0n) is 8.93. The maximum atomic E-state index is 5.63. The smallest absolute Gasteiger partial charge is 0.201 e. The summed E-state index contributed by atoms with van der Waals surface area (Å²) in [5, 5.41) is 0. The van der Waals surface area contributed by atoms with Crippen molar-refractivity contribution in [1.29, 1.82) is 0 Å². The minimum atomic E-state index is 0.662. The first kappa shape index (κ1) is 10.5. The van der Waals surface area contributed by atoms with Crippen molar-refractivity contribution < 1.29 is 4.42 Å². The molecule has 0 amide bonds. The largest absolute Gasteiger partial charge is 0.439 e. The second kappa shape index (κ2) is 4.30. The highest BCUT2D eigenvalue weighted by Gasteiger charge is 2.08. The van der Waals surface area contributed by atoms with Gasteiger partial charge < -0.3 is 4.42 Å². The molecule has 0 N–H and O–H groups in total. The standard InChI is InChI=1S/C13H9BrN2O/c14-10-5-2-1-4-9(10)8-12-16-13-11(17-12)6-3-7-15-13/h1-7H,8H2. The third-order valence-corrected chi connectivity index (χ3v) is 3.28. The Hall–Kier alpha value is -1.68. The van der Waals surface area contributed by atoms with E-state index in [1.807, 2.05) is 36.4 Å². The molecule has 2 aromatic heterocycles. The molecular weight excluding hydrogens is 280 g/mol. The Balaban J connectivity index is 1.98. The van der Waals surface area contributed by atoms with Crippen LogP contribution in [-0.4, -0.2) is 9.97 Å². The molecule has 17 heavy (non-hydrogen) atoms. The number of hydrogen-bond donors (Lipinski definition) is 0. The van der Waals surface area contributed by atoms with E-state index in [1.165, 1.54) is 0 Å². The number of pyridine rings is 1. The van der Waals surface area contributed by atoms with E-state index in [4.69, 9.17) is 4.42 Å². The van der Waals surface area contributed by atoms with Crippen molar-refractivity contribution in [3.05, 3.63) is 58.5 Å². The molecule has 0 fully saturated rings. The van der Waals surface area contributed by atoms with Crippen molar-refractivity contribution in [2.45, 2.75) is 6.42 Å². The van der Waals surface area contributed by atoms with Gasteiger partial charge in [0.15, 0.2) is 11.2 Å². The van der Waals surface area contributed by atoms with E-state index in [1.54, 1.807) is 6.20 Å². The number of aromatic nitrogens is 2. The number of rotatable bonds is 2. The molecule has 3 aromatic rings. The zero-order chi connectivity index (χ0) is 11.7. The highest BCUT2D eigenvalue weighted by molar-refractivity contribution is 9.10. The van der Waals surface area contributed by atoms with E-state index < -0.39 is 0 Å². The van der Waals surface area contributed by atoms with Crippen LogP contribution in [0.15, 0.2) is 51.5 Å². The van der Waals surface area contributed by atoms with Crippen LogP contribution >= 0.6 is 15.9 Å². The highest BCUT2D eigenvalue weighted by Crippen LogP contribution is 2.21. The lowest BCUT2D eigenvalue weighted by atomic mass is 10.1. The molecule has 3 rings (SSSR count). The topological polar surface area (TPSA) is 38.9 Å². The Labute approximate surface area is 107 Å². The van der Waals surface area contributed by atoms with Crippen LogP contribution in [0, 0.1) is 0 Å². The molecule has 0 aliphatic carbocycles. The predicted molar refractivity (Wildman–Crippen MR) is 68.8 cm³/mol. The Kier molecular flexibility index (Phi) is 2.65. The number of oxazole rings is 1. The zero-order valence-corrected chi connectivity index (χ0v) is 10.5. The number of benzene rings is 1. The number of halogens is 1. The van der Waals surface area contributed by atoms with Gasteiger partial charge >= 0.3 is 0 Å². The Morgan fingerprint density at radius 1 is 1.12 bits per heavy atom. The third-order valence-electron chi connectivity index (χ3n) is 2.51. The molecule has 0 aliphatic rings. The summed E-state index contributed by atoms with van der Waals surface area (Å²) in [6.07, 6.45) is 2.38. The van der Waals surface area contributed by atoms with Gasteiger partial charge in [0.1, 0.15) is 0 Å². The first-order chi connectivity index (χ1) is 8.33. The monoisotopic (exact) mass is 288 g/mol. The average molecular weight is 289 g/mol. The minimum absolute atomic E-state index is 0.662. The van der Waals surface area contributed by atoms with Gasteiger partial charge in [-0.2, -0.15) is 4.98 Å². The first-order valence-electron chi connectivity index (χ1n) is 5.27. The van der Waals surface area contributed by atoms with Gasteiger partial charge in [0, 0.05) is 10.7 Å². The Morgan fingerprint density at radius 2 is 2.00 bits per heavy atom. The molecule has 0 aliphatic heterocycles. The number of nitrogens with zero attached hydrogens (tertiary/aromatic N) is 2. The maximum Gasteiger partial charge on any atom is 0.201 e. The summed E-state index contributed by atoms with van der Waals surface area (Å²) in [7, 11) is 0. The fraction of sp³-hybridized carbons (Fsp3) is 0.0769. The molecule has 3 nitrogen and oxygen atoms in total. The Morgan fingerprint density at radius 3 is 2.82 bits per heavy atom. The van der Waals surface area contributed by atoms with E-state index in [0.29, 0.717) is 18.0 Å². The third kappa shape index (κ3) is 2.08. The summed E-state index contributed by atoms with van der Waals surface area (Å²) in [5.74, 6) is 0.686. The summed E-state index contributed by atoms with van der Waals surface area (Å²) in [5.41, 5.74) is 2.54. The molecule has 0 unspecified atom stereocenters. The lowest BCUT2D eigenvalue weighted by Crippen LogP contribution is -1.89. The van der Waals surface area contributed by atoms with Crippen LogP contribution in [0.1, 0.15) is 11.5 Å². The van der Waals surface area contributed by atoms with E-state index >= 15 is 0 Å². The van der Waals surface area contributed by atoms with Gasteiger partial charge in [0.2, 0.25) is 5.89 Å². The number of fused-ring (bicyclic) bond motifs is 1. The summed E-state index contributed by atoms with van der Waals surface area (Å²) < 4.78 is 6.70. The van der Waals surface area contributed by atoms with Gasteiger partial charge in [-0.1, -0.05) is 34.1 Å². The summed E-state index contributed by atoms with van der Waals surface area (Å²) >= 11 is 3.51. The van der Waals surface area contributed by atoms with Crippen molar-refractivity contribution in [3.63, 3.8) is 0 Å². The van der Waals surface area contributed by atoms with Crippen molar-refractivity contribution >= 4 is 27.2 Å². The molecule has 0 saturated carbocycles. The molecular formula is C13H9BrN2O. The van der Waals surface area contributed by atoms with E-state index in [0.717, 1.165) is 15.6 Å². The summed E-state index contributed by atoms with van der Waals surface area (Å²) in [6.45, 7) is 0. The second-order valence-electron chi connectivity index (χ2n) is 3.70. The minimum Gasteiger partial charge on any atom is -0.439 e. The molecule has 84 valence electrons. The fourth-order valence-corrected chi connectivity index (χ4v) is 2.12. The van der Waals surface area contributed by atoms with Crippen LogP contribution < -0.4 is 0 Å². The first-order valence-corrected chi connectivity index (χ1v) is 6.06. The van der Waals surface area contributed by atoms with Crippen LogP contribution in [0.25, 0.3) is 11.2 Å². The van der Waals surface area contributed by atoms with E-state index in [-0.39, 0.29) is 0 Å². The van der Waals surface area contributed by atoms with Crippen LogP contribution in [0.5, 0.6) is 0 Å². The van der Waals surface area contributed by atoms with E-state index in [9.17, 15) is 0 Å². The molecule has 4 heteroatoms. The van der Waals surface area contributed by atoms with Gasteiger partial charge in [0.05, 0.1) is 6.42 Å². The average Bonchev–Trinajstić information content (AvgIpc) is 2.74. The quantitative estimate of drug-likeness (QED) is 0.724. The van der Waals surface area contributed by atoms with Gasteiger partial charge in [-0.15, -0.1) is 0 Å². The van der Waals surface area contributed by atoms with Crippen LogP contribution in [0.2, 0.25) is 0 Å². The van der Waals surface area contributed by atoms with Gasteiger partial charge in [0.25, 0.3) is 0 Å². The Bertz CT molecular complexity index is 630. The lowest BCUT2D eigenvalue weighted by Gasteiger charge is -1.99. The molecule has 0 spiro atoms. The predicted octanol–water partition coefficient (Wildman–Crippen LogP) is 3.58. The van der Waals surface area contributed by atoms with Crippen LogP contribution in [0.3, 0.4) is 0 Å². The number of hydrogen-bond acceptors (Lipinski definition) is 3. The molecule has 2 heterocycles. The van der Waals surface area contributed by atoms with Crippen molar-refractivity contribution in [1.82, 2.24) is 9.97 Å². The summed E-state index contributed by atoms with van der Waals surface area (Å²) in [6, 6.07) is 11.8. The molecule has 0 saturated heterocycles. The van der Waals surface area contributed by atoms with Crippen LogP contribution in [-0.2, 0) is 6.42 Å². The van der Waals surface area contributed by atoms with Crippen LogP contribution in [0.4, 0.5) is 0 Å². The maximum absolute atomic E-state index is 5.63. The molecule has 0 radical (unpaired) electrons. The van der Waals surface area contributed by atoms with Gasteiger partial charge in [-0.05, 0) is 23.8 Å².